The molecule has 1 amide bonds. The van der Waals surface area contributed by atoms with Crippen LogP contribution in [0.2, 0.25) is 0 Å². The van der Waals surface area contributed by atoms with Gasteiger partial charge in [-0.25, -0.2) is 0 Å². The van der Waals surface area contributed by atoms with Gasteiger partial charge in [0.05, 0.1) is 7.11 Å². The second kappa shape index (κ2) is 8.77. The lowest BCUT2D eigenvalue weighted by molar-refractivity contribution is -0.123. The van der Waals surface area contributed by atoms with Gasteiger partial charge in [0.25, 0.3) is 5.91 Å². The SMILES string of the molecule is COc1ccccc1OCC(=O)NC1CCc2nnc(-c3ccccc3)n2CC1. The highest BCUT2D eigenvalue weighted by molar-refractivity contribution is 5.78. The van der Waals surface area contributed by atoms with Gasteiger partial charge in [-0.05, 0) is 25.0 Å². The van der Waals surface area contributed by atoms with Crippen LogP contribution in [0.5, 0.6) is 11.5 Å². The number of aryl methyl sites for hydroxylation is 1. The van der Waals surface area contributed by atoms with Crippen LogP contribution in [0, 0.1) is 0 Å². The van der Waals surface area contributed by atoms with E-state index in [1.807, 2.05) is 42.5 Å². The second-order valence-electron chi connectivity index (χ2n) is 6.99. The van der Waals surface area contributed by atoms with Crippen LogP contribution in [-0.4, -0.2) is 40.4 Å². The Labute approximate surface area is 169 Å². The third kappa shape index (κ3) is 4.39. The Bertz CT molecular complexity index is 971. The van der Waals surface area contributed by atoms with Crippen LogP contribution in [0.3, 0.4) is 0 Å². The van der Waals surface area contributed by atoms with E-state index in [0.717, 1.165) is 43.0 Å². The molecule has 1 aliphatic rings. The van der Waals surface area contributed by atoms with Crippen molar-refractivity contribution in [1.29, 1.82) is 0 Å². The van der Waals surface area contributed by atoms with Gasteiger partial charge in [0.15, 0.2) is 23.9 Å². The average Bonchev–Trinajstić information content (AvgIpc) is 3.07. The number of methoxy groups -OCH3 is 1. The van der Waals surface area contributed by atoms with Crippen molar-refractivity contribution in [3.05, 3.63) is 60.4 Å². The summed E-state index contributed by atoms with van der Waals surface area (Å²) in [6.45, 7) is 0.725. The molecular formula is C22H24N4O3. The number of nitrogens with one attached hydrogen (secondary N) is 1. The fourth-order valence-electron chi connectivity index (χ4n) is 3.58. The maximum atomic E-state index is 12.4. The van der Waals surface area contributed by atoms with Crippen molar-refractivity contribution in [3.8, 4) is 22.9 Å². The molecule has 1 unspecified atom stereocenters. The number of rotatable bonds is 6. The summed E-state index contributed by atoms with van der Waals surface area (Å²) >= 11 is 0. The smallest absolute Gasteiger partial charge is 0.258 e. The number of ether oxygens (including phenoxy) is 2. The third-order valence-corrected chi connectivity index (χ3v) is 5.07. The molecule has 7 nitrogen and oxygen atoms in total. The quantitative estimate of drug-likeness (QED) is 0.698. The fourth-order valence-corrected chi connectivity index (χ4v) is 3.58. The summed E-state index contributed by atoms with van der Waals surface area (Å²) in [6, 6.07) is 17.4. The van der Waals surface area contributed by atoms with E-state index in [4.69, 9.17) is 9.47 Å². The molecule has 0 saturated heterocycles. The first kappa shape index (κ1) is 19.0. The van der Waals surface area contributed by atoms with Crippen LogP contribution in [0.15, 0.2) is 54.6 Å². The van der Waals surface area contributed by atoms with E-state index in [1.165, 1.54) is 0 Å². The number of nitrogens with zero attached hydrogens (tertiary/aromatic N) is 3. The Hall–Kier alpha value is -3.35. The maximum absolute atomic E-state index is 12.4. The normalized spacial score (nSPS) is 15.8. The summed E-state index contributed by atoms with van der Waals surface area (Å²) in [5, 5.41) is 11.8. The Kier molecular flexibility index (Phi) is 5.74. The largest absolute Gasteiger partial charge is 0.493 e. The number of hydrogen-bond donors (Lipinski definition) is 1. The van der Waals surface area contributed by atoms with Gasteiger partial charge in [-0.3, -0.25) is 4.79 Å². The maximum Gasteiger partial charge on any atom is 0.258 e. The highest BCUT2D eigenvalue weighted by Crippen LogP contribution is 2.26. The van der Waals surface area contributed by atoms with Crippen LogP contribution in [0.1, 0.15) is 18.7 Å². The number of amides is 1. The molecule has 0 aliphatic carbocycles. The van der Waals surface area contributed by atoms with Crippen LogP contribution in [0.4, 0.5) is 0 Å². The Balaban J connectivity index is 1.34. The molecule has 0 radical (unpaired) electrons. The zero-order valence-electron chi connectivity index (χ0n) is 16.4. The number of fused-ring (bicyclic) bond motifs is 1. The lowest BCUT2D eigenvalue weighted by atomic mass is 10.1. The van der Waals surface area contributed by atoms with Gasteiger partial charge in [0, 0.05) is 24.6 Å². The highest BCUT2D eigenvalue weighted by atomic mass is 16.5. The minimum atomic E-state index is -0.137. The molecule has 150 valence electrons. The predicted molar refractivity (Wildman–Crippen MR) is 109 cm³/mol. The summed E-state index contributed by atoms with van der Waals surface area (Å²) in [7, 11) is 1.58. The molecule has 1 atom stereocenters. The molecule has 7 heteroatoms. The second-order valence-corrected chi connectivity index (χ2v) is 6.99. The molecule has 1 N–H and O–H groups in total. The van der Waals surface area contributed by atoms with E-state index < -0.39 is 0 Å². The molecule has 1 aromatic heterocycles. The molecule has 0 spiro atoms. The zero-order valence-corrected chi connectivity index (χ0v) is 16.4. The van der Waals surface area contributed by atoms with Gasteiger partial charge in [0.1, 0.15) is 5.82 Å². The van der Waals surface area contributed by atoms with Crippen molar-refractivity contribution < 1.29 is 14.3 Å². The van der Waals surface area contributed by atoms with Crippen molar-refractivity contribution in [2.45, 2.75) is 31.8 Å². The van der Waals surface area contributed by atoms with Crippen molar-refractivity contribution in [2.75, 3.05) is 13.7 Å². The fraction of sp³-hybridized carbons (Fsp3) is 0.318. The topological polar surface area (TPSA) is 78.3 Å². The van der Waals surface area contributed by atoms with E-state index in [9.17, 15) is 4.79 Å². The lowest BCUT2D eigenvalue weighted by Crippen LogP contribution is -2.38. The minimum absolute atomic E-state index is 0.0434. The van der Waals surface area contributed by atoms with E-state index in [1.54, 1.807) is 19.2 Å². The number of hydrogen-bond acceptors (Lipinski definition) is 5. The van der Waals surface area contributed by atoms with Crippen molar-refractivity contribution >= 4 is 5.91 Å². The van der Waals surface area contributed by atoms with Gasteiger partial charge < -0.3 is 19.4 Å². The Morgan fingerprint density at radius 2 is 1.83 bits per heavy atom. The van der Waals surface area contributed by atoms with E-state index in [-0.39, 0.29) is 18.6 Å². The van der Waals surface area contributed by atoms with Crippen molar-refractivity contribution in [2.24, 2.45) is 0 Å². The monoisotopic (exact) mass is 392 g/mol. The van der Waals surface area contributed by atoms with Crippen LogP contribution in [0.25, 0.3) is 11.4 Å². The van der Waals surface area contributed by atoms with E-state index >= 15 is 0 Å². The van der Waals surface area contributed by atoms with Crippen LogP contribution >= 0.6 is 0 Å². The van der Waals surface area contributed by atoms with E-state index in [2.05, 4.69) is 20.1 Å². The Morgan fingerprint density at radius 1 is 1.07 bits per heavy atom. The molecule has 2 heterocycles. The summed E-state index contributed by atoms with van der Waals surface area (Å²) in [5.41, 5.74) is 1.05. The molecule has 2 aromatic carbocycles. The number of para-hydroxylation sites is 2. The first-order chi connectivity index (χ1) is 14.2. The average molecular weight is 392 g/mol. The molecule has 1 aliphatic heterocycles. The molecule has 3 aromatic rings. The molecule has 0 fully saturated rings. The van der Waals surface area contributed by atoms with Gasteiger partial charge in [-0.2, -0.15) is 0 Å². The minimum Gasteiger partial charge on any atom is -0.493 e. The van der Waals surface area contributed by atoms with Gasteiger partial charge in [0.2, 0.25) is 0 Å². The summed E-state index contributed by atoms with van der Waals surface area (Å²) in [6.07, 6.45) is 2.43. The summed E-state index contributed by atoms with van der Waals surface area (Å²) < 4.78 is 13.0. The molecular weight excluding hydrogens is 368 g/mol. The van der Waals surface area contributed by atoms with Gasteiger partial charge in [-0.15, -0.1) is 10.2 Å². The van der Waals surface area contributed by atoms with Crippen LogP contribution < -0.4 is 14.8 Å². The number of aromatic nitrogens is 3. The lowest BCUT2D eigenvalue weighted by Gasteiger charge is -2.17. The molecule has 0 bridgehead atoms. The highest BCUT2D eigenvalue weighted by Gasteiger charge is 2.22. The van der Waals surface area contributed by atoms with Crippen LogP contribution in [-0.2, 0) is 17.8 Å². The first-order valence-corrected chi connectivity index (χ1v) is 9.77. The molecule has 29 heavy (non-hydrogen) atoms. The number of carbonyl (C=O) groups excluding carboxylic acids is 1. The zero-order chi connectivity index (χ0) is 20.1. The predicted octanol–water partition coefficient (Wildman–Crippen LogP) is 2.85. The Morgan fingerprint density at radius 3 is 2.62 bits per heavy atom. The summed E-state index contributed by atoms with van der Waals surface area (Å²) in [4.78, 5) is 12.4. The third-order valence-electron chi connectivity index (χ3n) is 5.07. The standard InChI is InChI=1S/C22H24N4O3/c1-28-18-9-5-6-10-19(18)29-15-21(27)23-17-11-12-20-24-25-22(26(20)14-13-17)16-7-3-2-4-8-16/h2-10,17H,11-15H2,1H3,(H,23,27). The molecule has 4 rings (SSSR count). The summed E-state index contributed by atoms with van der Waals surface area (Å²) in [5.74, 6) is 2.88. The van der Waals surface area contributed by atoms with E-state index in [0.29, 0.717) is 11.5 Å². The molecule has 0 saturated carbocycles. The number of carbonyl (C=O) groups is 1. The van der Waals surface area contributed by atoms with Crippen molar-refractivity contribution in [1.82, 2.24) is 20.1 Å². The first-order valence-electron chi connectivity index (χ1n) is 9.77. The van der Waals surface area contributed by atoms with Gasteiger partial charge >= 0.3 is 0 Å². The number of benzene rings is 2. The van der Waals surface area contributed by atoms with Gasteiger partial charge in [-0.1, -0.05) is 42.5 Å². The van der Waals surface area contributed by atoms with Crippen molar-refractivity contribution in [3.63, 3.8) is 0 Å².